The van der Waals surface area contributed by atoms with Gasteiger partial charge in [-0.1, -0.05) is 11.8 Å². The molecule has 0 bridgehead atoms. The quantitative estimate of drug-likeness (QED) is 0.312. The van der Waals surface area contributed by atoms with Gasteiger partial charge >= 0.3 is 0 Å². The highest BCUT2D eigenvalue weighted by Crippen LogP contribution is 2.18. The Morgan fingerprint density at radius 3 is 3.00 bits per heavy atom. The lowest BCUT2D eigenvalue weighted by atomic mass is 10.2. The first-order valence-electron chi connectivity index (χ1n) is 6.07. The number of nitrogens with zero attached hydrogens (tertiary/aromatic N) is 2. The molecule has 0 aliphatic carbocycles. The number of nitrogen functional groups attached to an aromatic ring is 1. The van der Waals surface area contributed by atoms with E-state index in [-0.39, 0.29) is 0 Å². The van der Waals surface area contributed by atoms with Crippen LogP contribution in [-0.2, 0) is 4.74 Å². The predicted octanol–water partition coefficient (Wildman–Crippen LogP) is 1.47. The average Bonchev–Trinajstić information content (AvgIpc) is 2.91. The van der Waals surface area contributed by atoms with E-state index in [0.717, 1.165) is 31.8 Å². The minimum Gasteiger partial charge on any atom is -0.378 e. The predicted molar refractivity (Wildman–Crippen MR) is 73.7 cm³/mol. The standard InChI is InChI=1S/C11H19N5OS/c1-18-11-14-9(7-10(15-11)16-12)13-5-4-8-3-2-6-17-8/h7-8H,2-6,12H2,1H3,(H2,13,14,15,16). The Bertz CT molecular complexity index is 361. The Morgan fingerprint density at radius 2 is 2.33 bits per heavy atom. The summed E-state index contributed by atoms with van der Waals surface area (Å²) in [4.78, 5) is 8.58. The number of hydrogen-bond acceptors (Lipinski definition) is 7. The van der Waals surface area contributed by atoms with Crippen molar-refractivity contribution < 1.29 is 4.74 Å². The third-order valence-electron chi connectivity index (χ3n) is 2.83. The van der Waals surface area contributed by atoms with E-state index in [0.29, 0.717) is 17.1 Å². The molecule has 1 unspecified atom stereocenters. The van der Waals surface area contributed by atoms with Crippen LogP contribution in [0.4, 0.5) is 11.6 Å². The number of hydrazine groups is 1. The van der Waals surface area contributed by atoms with Crippen molar-refractivity contribution in [3.8, 4) is 0 Å². The van der Waals surface area contributed by atoms with Crippen LogP contribution in [0.25, 0.3) is 0 Å². The normalized spacial score (nSPS) is 18.9. The van der Waals surface area contributed by atoms with Crippen LogP contribution in [0.2, 0.25) is 0 Å². The van der Waals surface area contributed by atoms with Gasteiger partial charge < -0.3 is 15.5 Å². The lowest BCUT2D eigenvalue weighted by molar-refractivity contribution is 0.107. The van der Waals surface area contributed by atoms with Gasteiger partial charge in [-0.3, -0.25) is 0 Å². The number of anilines is 2. The highest BCUT2D eigenvalue weighted by Gasteiger charge is 2.14. The molecule has 1 saturated heterocycles. The second kappa shape index (κ2) is 6.77. The van der Waals surface area contributed by atoms with E-state index in [1.54, 1.807) is 6.07 Å². The zero-order chi connectivity index (χ0) is 12.8. The molecule has 1 atom stereocenters. The van der Waals surface area contributed by atoms with Crippen molar-refractivity contribution in [3.63, 3.8) is 0 Å². The van der Waals surface area contributed by atoms with Gasteiger partial charge in [-0.15, -0.1) is 0 Å². The van der Waals surface area contributed by atoms with Crippen molar-refractivity contribution in [1.29, 1.82) is 0 Å². The Morgan fingerprint density at radius 1 is 1.50 bits per heavy atom. The molecule has 7 heteroatoms. The van der Waals surface area contributed by atoms with E-state index < -0.39 is 0 Å². The van der Waals surface area contributed by atoms with Crippen molar-refractivity contribution in [3.05, 3.63) is 6.07 Å². The van der Waals surface area contributed by atoms with E-state index in [2.05, 4.69) is 20.7 Å². The number of nitrogens with one attached hydrogen (secondary N) is 2. The lowest BCUT2D eigenvalue weighted by Gasteiger charge is -2.11. The fourth-order valence-corrected chi connectivity index (χ4v) is 2.29. The first-order chi connectivity index (χ1) is 8.81. The summed E-state index contributed by atoms with van der Waals surface area (Å²) < 4.78 is 5.57. The van der Waals surface area contributed by atoms with Gasteiger partial charge in [0, 0.05) is 19.2 Å². The van der Waals surface area contributed by atoms with E-state index >= 15 is 0 Å². The summed E-state index contributed by atoms with van der Waals surface area (Å²) in [6.45, 7) is 1.75. The fourth-order valence-electron chi connectivity index (χ4n) is 1.91. The summed E-state index contributed by atoms with van der Waals surface area (Å²) >= 11 is 1.49. The molecule has 0 amide bonds. The number of hydrogen-bond donors (Lipinski definition) is 3. The summed E-state index contributed by atoms with van der Waals surface area (Å²) in [5, 5.41) is 3.98. The molecule has 0 aromatic carbocycles. The molecule has 1 aromatic heterocycles. The first kappa shape index (κ1) is 13.4. The summed E-state index contributed by atoms with van der Waals surface area (Å²) in [6.07, 6.45) is 5.68. The maximum Gasteiger partial charge on any atom is 0.191 e. The Balaban J connectivity index is 1.87. The topological polar surface area (TPSA) is 85.1 Å². The number of nitrogens with two attached hydrogens (primary N) is 1. The molecular weight excluding hydrogens is 250 g/mol. The zero-order valence-electron chi connectivity index (χ0n) is 10.5. The highest BCUT2D eigenvalue weighted by molar-refractivity contribution is 7.98. The number of rotatable bonds is 6. The smallest absolute Gasteiger partial charge is 0.191 e. The highest BCUT2D eigenvalue weighted by atomic mass is 32.2. The van der Waals surface area contributed by atoms with Crippen LogP contribution >= 0.6 is 11.8 Å². The van der Waals surface area contributed by atoms with Crippen molar-refractivity contribution in [2.45, 2.75) is 30.5 Å². The van der Waals surface area contributed by atoms with Gasteiger partial charge in [0.2, 0.25) is 0 Å². The molecule has 0 radical (unpaired) electrons. The number of thioether (sulfide) groups is 1. The Hall–Kier alpha value is -1.05. The second-order valence-corrected chi connectivity index (χ2v) is 4.89. The van der Waals surface area contributed by atoms with Crippen molar-refractivity contribution in [1.82, 2.24) is 9.97 Å². The minimum atomic E-state index is 0.395. The minimum absolute atomic E-state index is 0.395. The summed E-state index contributed by atoms with van der Waals surface area (Å²) in [6, 6.07) is 1.80. The van der Waals surface area contributed by atoms with Crippen LogP contribution in [0.1, 0.15) is 19.3 Å². The molecule has 100 valence electrons. The van der Waals surface area contributed by atoms with Gasteiger partial charge in [0.1, 0.15) is 11.6 Å². The third-order valence-corrected chi connectivity index (χ3v) is 3.38. The SMILES string of the molecule is CSc1nc(NN)cc(NCCC2CCCO2)n1. The first-order valence-corrected chi connectivity index (χ1v) is 7.29. The number of aromatic nitrogens is 2. The van der Waals surface area contributed by atoms with Crippen LogP contribution in [-0.4, -0.2) is 35.5 Å². The molecule has 1 aliphatic heterocycles. The van der Waals surface area contributed by atoms with E-state index in [1.165, 1.54) is 18.2 Å². The molecular formula is C11H19N5OS. The monoisotopic (exact) mass is 269 g/mol. The maximum atomic E-state index is 5.57. The Labute approximate surface area is 111 Å². The molecule has 0 spiro atoms. The molecule has 0 saturated carbocycles. The van der Waals surface area contributed by atoms with Crippen molar-refractivity contribution in [2.24, 2.45) is 5.84 Å². The van der Waals surface area contributed by atoms with Gasteiger partial charge in [0.15, 0.2) is 5.16 Å². The second-order valence-electron chi connectivity index (χ2n) is 4.12. The molecule has 2 rings (SSSR count). The van der Waals surface area contributed by atoms with Crippen molar-refractivity contribution >= 4 is 23.4 Å². The van der Waals surface area contributed by atoms with Gasteiger partial charge in [0.05, 0.1) is 6.10 Å². The summed E-state index contributed by atoms with van der Waals surface area (Å²) in [5.41, 5.74) is 2.54. The lowest BCUT2D eigenvalue weighted by Crippen LogP contribution is -2.14. The van der Waals surface area contributed by atoms with Crippen LogP contribution in [0, 0.1) is 0 Å². The third kappa shape index (κ3) is 3.72. The summed E-state index contributed by atoms with van der Waals surface area (Å²) in [5.74, 6) is 6.78. The van der Waals surface area contributed by atoms with Gasteiger partial charge in [-0.05, 0) is 25.5 Å². The van der Waals surface area contributed by atoms with Crippen LogP contribution < -0.4 is 16.6 Å². The average molecular weight is 269 g/mol. The maximum absolute atomic E-state index is 5.57. The molecule has 6 nitrogen and oxygen atoms in total. The summed E-state index contributed by atoms with van der Waals surface area (Å²) in [7, 11) is 0. The zero-order valence-corrected chi connectivity index (χ0v) is 11.3. The van der Waals surface area contributed by atoms with Crippen LogP contribution in [0.5, 0.6) is 0 Å². The van der Waals surface area contributed by atoms with Crippen molar-refractivity contribution in [2.75, 3.05) is 30.1 Å². The Kier molecular flexibility index (Phi) is 5.03. The molecule has 2 heterocycles. The fraction of sp³-hybridized carbons (Fsp3) is 0.636. The largest absolute Gasteiger partial charge is 0.378 e. The van der Waals surface area contributed by atoms with E-state index in [1.807, 2.05) is 6.26 Å². The molecule has 1 fully saturated rings. The molecule has 4 N–H and O–H groups in total. The van der Waals surface area contributed by atoms with E-state index in [9.17, 15) is 0 Å². The molecule has 1 aromatic rings. The number of ether oxygens (including phenoxy) is 1. The van der Waals surface area contributed by atoms with Crippen LogP contribution in [0.15, 0.2) is 11.2 Å². The molecule has 1 aliphatic rings. The van der Waals surface area contributed by atoms with E-state index in [4.69, 9.17) is 10.6 Å². The molecule has 18 heavy (non-hydrogen) atoms. The van der Waals surface area contributed by atoms with Gasteiger partial charge in [0.25, 0.3) is 0 Å². The van der Waals surface area contributed by atoms with Gasteiger partial charge in [-0.25, -0.2) is 15.8 Å². The van der Waals surface area contributed by atoms with Crippen LogP contribution in [0.3, 0.4) is 0 Å². The van der Waals surface area contributed by atoms with Gasteiger partial charge in [-0.2, -0.15) is 0 Å².